The molecule has 0 unspecified atom stereocenters. The third-order valence-electron chi connectivity index (χ3n) is 6.29. The van der Waals surface area contributed by atoms with Crippen molar-refractivity contribution in [3.05, 3.63) is 89.5 Å². The Morgan fingerprint density at radius 1 is 0.758 bits per heavy atom. The van der Waals surface area contributed by atoms with Crippen molar-refractivity contribution in [1.29, 1.82) is 5.26 Å². The van der Waals surface area contributed by atoms with Gasteiger partial charge in [0, 0.05) is 37.6 Å². The van der Waals surface area contributed by atoms with Gasteiger partial charge in [-0.2, -0.15) is 5.26 Å². The number of anilines is 2. The Hall–Kier alpha value is -3.78. The largest absolute Gasteiger partial charge is 0.477 e. The van der Waals surface area contributed by atoms with E-state index in [0.717, 1.165) is 42.9 Å². The Balaban J connectivity index is 1.63. The Kier molecular flexibility index (Phi) is 7.26. The lowest BCUT2D eigenvalue weighted by Crippen LogP contribution is -2.17. The zero-order valence-corrected chi connectivity index (χ0v) is 18.8. The topological polar surface area (TPSA) is 67.6 Å². The summed E-state index contributed by atoms with van der Waals surface area (Å²) in [5.74, 6) is -1.22. The monoisotopic (exact) mass is 439 g/mol. The fourth-order valence-electron chi connectivity index (χ4n) is 4.47. The van der Waals surface area contributed by atoms with Gasteiger partial charge in [-0.3, -0.25) is 0 Å². The molecule has 0 saturated carbocycles. The molecule has 168 valence electrons. The summed E-state index contributed by atoms with van der Waals surface area (Å²) in [4.78, 5) is 15.9. The average Bonchev–Trinajstić information content (AvgIpc) is 3.57. The van der Waals surface area contributed by atoms with Crippen molar-refractivity contribution in [3.8, 4) is 6.07 Å². The number of carbonyl (C=O) groups is 1. The van der Waals surface area contributed by atoms with Crippen LogP contribution in [0.4, 0.5) is 11.4 Å². The highest BCUT2D eigenvalue weighted by atomic mass is 16.4. The molecule has 2 aromatic carbocycles. The van der Waals surface area contributed by atoms with Crippen LogP contribution in [0.3, 0.4) is 0 Å². The Morgan fingerprint density at radius 2 is 1.18 bits per heavy atom. The molecule has 5 nitrogen and oxygen atoms in total. The summed E-state index contributed by atoms with van der Waals surface area (Å²) in [7, 11) is 0. The Labute approximate surface area is 195 Å². The van der Waals surface area contributed by atoms with E-state index in [-0.39, 0.29) is 5.57 Å². The third kappa shape index (κ3) is 5.53. The molecule has 4 rings (SSSR count). The van der Waals surface area contributed by atoms with Gasteiger partial charge in [0.05, 0.1) is 0 Å². The first-order valence-corrected chi connectivity index (χ1v) is 11.6. The number of carboxylic acids is 1. The lowest BCUT2D eigenvalue weighted by atomic mass is 9.96. The van der Waals surface area contributed by atoms with Crippen molar-refractivity contribution in [2.24, 2.45) is 0 Å². The minimum atomic E-state index is -1.22. The molecule has 2 aliphatic heterocycles. The molecule has 0 aromatic heterocycles. The van der Waals surface area contributed by atoms with E-state index in [1.165, 1.54) is 43.1 Å². The van der Waals surface area contributed by atoms with Gasteiger partial charge in [0.25, 0.3) is 0 Å². The van der Waals surface area contributed by atoms with Crippen molar-refractivity contribution in [2.45, 2.75) is 25.7 Å². The number of carboxylic acid groups (broad SMARTS) is 1. The van der Waals surface area contributed by atoms with E-state index in [0.29, 0.717) is 0 Å². The van der Waals surface area contributed by atoms with E-state index >= 15 is 0 Å². The standard InChI is InChI=1S/C28H29N3O2/c29-21-24(28(32)33)7-1-2-8-27(22-9-13-25(14-10-22)30-17-3-4-18-30)23-11-15-26(16-12-23)31-19-5-6-20-31/h1-2,7-16H,3-6,17-20H2,(H,32,33). The van der Waals surface area contributed by atoms with Crippen LogP contribution < -0.4 is 9.80 Å². The first-order chi connectivity index (χ1) is 16.2. The van der Waals surface area contributed by atoms with Crippen LogP contribution in [0.2, 0.25) is 0 Å². The van der Waals surface area contributed by atoms with Crippen LogP contribution in [0.5, 0.6) is 0 Å². The van der Waals surface area contributed by atoms with Crippen LogP contribution in [-0.4, -0.2) is 37.3 Å². The van der Waals surface area contributed by atoms with Gasteiger partial charge in [-0.1, -0.05) is 42.5 Å². The van der Waals surface area contributed by atoms with Crippen LogP contribution in [0, 0.1) is 11.3 Å². The number of nitrogens with zero attached hydrogens (tertiary/aromatic N) is 3. The van der Waals surface area contributed by atoms with E-state index in [4.69, 9.17) is 10.4 Å². The van der Waals surface area contributed by atoms with Crippen molar-refractivity contribution >= 4 is 22.9 Å². The van der Waals surface area contributed by atoms with Gasteiger partial charge >= 0.3 is 5.97 Å². The smallest absolute Gasteiger partial charge is 0.346 e. The van der Waals surface area contributed by atoms with Crippen LogP contribution in [-0.2, 0) is 4.79 Å². The first kappa shape index (κ1) is 22.4. The van der Waals surface area contributed by atoms with Gasteiger partial charge in [-0.25, -0.2) is 4.79 Å². The lowest BCUT2D eigenvalue weighted by Gasteiger charge is -2.19. The van der Waals surface area contributed by atoms with Crippen molar-refractivity contribution in [2.75, 3.05) is 36.0 Å². The molecule has 0 atom stereocenters. The molecule has 2 aromatic rings. The van der Waals surface area contributed by atoms with Crippen molar-refractivity contribution in [1.82, 2.24) is 0 Å². The minimum Gasteiger partial charge on any atom is -0.477 e. The fourth-order valence-corrected chi connectivity index (χ4v) is 4.47. The predicted octanol–water partition coefficient (Wildman–Crippen LogP) is 5.41. The van der Waals surface area contributed by atoms with Gasteiger partial charge < -0.3 is 14.9 Å². The normalized spacial score (nSPS) is 16.3. The summed E-state index contributed by atoms with van der Waals surface area (Å²) >= 11 is 0. The molecule has 0 radical (unpaired) electrons. The summed E-state index contributed by atoms with van der Waals surface area (Å²) in [5.41, 5.74) is 5.45. The molecule has 2 fully saturated rings. The highest BCUT2D eigenvalue weighted by Crippen LogP contribution is 2.29. The van der Waals surface area contributed by atoms with Crippen LogP contribution in [0.25, 0.3) is 5.57 Å². The molecular weight excluding hydrogens is 410 g/mol. The predicted molar refractivity (Wildman–Crippen MR) is 133 cm³/mol. The van der Waals surface area contributed by atoms with Gasteiger partial charge in [0.1, 0.15) is 11.6 Å². The molecule has 0 amide bonds. The molecule has 33 heavy (non-hydrogen) atoms. The molecule has 0 bridgehead atoms. The van der Waals surface area contributed by atoms with Gasteiger partial charge in [-0.05, 0) is 72.7 Å². The Morgan fingerprint density at radius 3 is 1.58 bits per heavy atom. The molecule has 0 aliphatic carbocycles. The number of allylic oxidation sites excluding steroid dienone is 4. The van der Waals surface area contributed by atoms with Gasteiger partial charge in [-0.15, -0.1) is 0 Å². The number of benzene rings is 2. The summed E-state index contributed by atoms with van der Waals surface area (Å²) in [5, 5.41) is 18.0. The molecular formula is C28H29N3O2. The molecule has 2 heterocycles. The van der Waals surface area contributed by atoms with Crippen molar-refractivity contribution in [3.63, 3.8) is 0 Å². The Bertz CT molecular complexity index is 1030. The zero-order chi connectivity index (χ0) is 23.0. The quantitative estimate of drug-likeness (QED) is 0.355. The minimum absolute atomic E-state index is 0.286. The van der Waals surface area contributed by atoms with Crippen molar-refractivity contribution < 1.29 is 9.90 Å². The first-order valence-electron chi connectivity index (χ1n) is 11.6. The SMILES string of the molecule is N#CC(=CC=CC=C(c1ccc(N2CCCC2)cc1)c1ccc(N2CCCC2)cc1)C(=O)O. The number of nitriles is 1. The maximum atomic E-state index is 11.0. The van der Waals surface area contributed by atoms with Crippen LogP contribution in [0.15, 0.2) is 78.4 Å². The second kappa shape index (κ2) is 10.7. The van der Waals surface area contributed by atoms with Crippen LogP contribution in [0.1, 0.15) is 36.8 Å². The van der Waals surface area contributed by atoms with E-state index in [9.17, 15) is 4.79 Å². The fraction of sp³-hybridized carbons (Fsp3) is 0.286. The molecule has 2 saturated heterocycles. The number of hydrogen-bond acceptors (Lipinski definition) is 4. The summed E-state index contributed by atoms with van der Waals surface area (Å²) in [6, 6.07) is 19.0. The van der Waals surface area contributed by atoms with Gasteiger partial charge in [0.2, 0.25) is 0 Å². The molecule has 0 spiro atoms. The van der Waals surface area contributed by atoms with E-state index in [1.807, 2.05) is 6.08 Å². The van der Waals surface area contributed by atoms with E-state index < -0.39 is 5.97 Å². The number of aliphatic carboxylic acids is 1. The molecule has 1 N–H and O–H groups in total. The van der Waals surface area contributed by atoms with Crippen LogP contribution >= 0.6 is 0 Å². The van der Waals surface area contributed by atoms with E-state index in [2.05, 4.69) is 58.3 Å². The zero-order valence-electron chi connectivity index (χ0n) is 18.8. The van der Waals surface area contributed by atoms with Gasteiger partial charge in [0.15, 0.2) is 0 Å². The average molecular weight is 440 g/mol. The third-order valence-corrected chi connectivity index (χ3v) is 6.29. The maximum absolute atomic E-state index is 11.0. The molecule has 2 aliphatic rings. The highest BCUT2D eigenvalue weighted by molar-refractivity contribution is 5.91. The number of hydrogen-bond donors (Lipinski definition) is 1. The summed E-state index contributed by atoms with van der Waals surface area (Å²) in [6.45, 7) is 4.44. The highest BCUT2D eigenvalue weighted by Gasteiger charge is 2.14. The summed E-state index contributed by atoms with van der Waals surface area (Å²) in [6.07, 6.45) is 11.7. The summed E-state index contributed by atoms with van der Waals surface area (Å²) < 4.78 is 0. The van der Waals surface area contributed by atoms with E-state index in [1.54, 1.807) is 18.2 Å². The number of rotatable bonds is 7. The second-order valence-electron chi connectivity index (χ2n) is 8.44. The molecule has 5 heteroatoms. The lowest BCUT2D eigenvalue weighted by molar-refractivity contribution is -0.132. The second-order valence-corrected chi connectivity index (χ2v) is 8.44. The maximum Gasteiger partial charge on any atom is 0.346 e.